The summed E-state index contributed by atoms with van der Waals surface area (Å²) in [5, 5.41) is 3.67. The van der Waals surface area contributed by atoms with Gasteiger partial charge >= 0.3 is 0 Å². The Kier molecular flexibility index (Phi) is 3.95. The van der Waals surface area contributed by atoms with Crippen molar-refractivity contribution in [1.82, 2.24) is 0 Å². The monoisotopic (exact) mass is 272 g/mol. The van der Waals surface area contributed by atoms with E-state index in [-0.39, 0.29) is 5.91 Å². The lowest BCUT2D eigenvalue weighted by Crippen LogP contribution is -2.28. The van der Waals surface area contributed by atoms with Crippen LogP contribution in [-0.4, -0.2) is 11.9 Å². The van der Waals surface area contributed by atoms with Gasteiger partial charge < -0.3 is 11.1 Å². The number of benzene rings is 1. The van der Waals surface area contributed by atoms with Crippen LogP contribution < -0.4 is 11.1 Å². The first-order chi connectivity index (χ1) is 9.70. The number of hydrogen-bond acceptors (Lipinski definition) is 2. The minimum absolute atomic E-state index is 0.153. The van der Waals surface area contributed by atoms with Crippen LogP contribution in [0.5, 0.6) is 0 Å². The molecule has 108 valence electrons. The molecule has 3 rings (SSSR count). The molecule has 2 aliphatic carbocycles. The Labute approximate surface area is 120 Å². The third-order valence-corrected chi connectivity index (χ3v) is 4.81. The van der Waals surface area contributed by atoms with Crippen LogP contribution in [0.25, 0.3) is 0 Å². The fourth-order valence-corrected chi connectivity index (χ4v) is 3.69. The first-order valence-corrected chi connectivity index (χ1v) is 7.87. The highest BCUT2D eigenvalue weighted by molar-refractivity contribution is 5.74. The summed E-state index contributed by atoms with van der Waals surface area (Å²) in [5.74, 6) is 0.352. The fourth-order valence-electron chi connectivity index (χ4n) is 3.69. The van der Waals surface area contributed by atoms with E-state index in [2.05, 4.69) is 23.5 Å². The highest BCUT2D eigenvalue weighted by atomic mass is 16.1. The second-order valence-corrected chi connectivity index (χ2v) is 6.37. The summed E-state index contributed by atoms with van der Waals surface area (Å²) in [6.07, 6.45) is 8.87. The number of aryl methyl sites for hydroxylation is 2. The molecule has 0 radical (unpaired) electrons. The first-order valence-electron chi connectivity index (χ1n) is 7.87. The van der Waals surface area contributed by atoms with E-state index in [9.17, 15) is 4.79 Å². The van der Waals surface area contributed by atoms with E-state index in [0.29, 0.717) is 18.4 Å². The Balaban J connectivity index is 1.53. The van der Waals surface area contributed by atoms with Gasteiger partial charge in [0, 0.05) is 18.2 Å². The molecule has 0 atom stereocenters. The number of primary amides is 1. The van der Waals surface area contributed by atoms with Gasteiger partial charge in [-0.2, -0.15) is 0 Å². The number of carbonyl (C=O) groups excluding carboxylic acids is 1. The predicted octanol–water partition coefficient (Wildman–Crippen LogP) is 3.02. The van der Waals surface area contributed by atoms with E-state index in [4.69, 9.17) is 5.73 Å². The molecule has 1 aromatic rings. The highest BCUT2D eigenvalue weighted by Gasteiger charge is 2.22. The van der Waals surface area contributed by atoms with Gasteiger partial charge in [0.05, 0.1) is 0 Å². The van der Waals surface area contributed by atoms with E-state index < -0.39 is 0 Å². The summed E-state index contributed by atoms with van der Waals surface area (Å²) in [6, 6.07) is 7.39. The normalized spacial score (nSPS) is 25.2. The quantitative estimate of drug-likeness (QED) is 0.885. The molecule has 3 heteroatoms. The molecule has 3 nitrogen and oxygen atoms in total. The largest absolute Gasteiger partial charge is 0.382 e. The number of amides is 1. The molecule has 0 unspecified atom stereocenters. The van der Waals surface area contributed by atoms with E-state index in [1.54, 1.807) is 0 Å². The van der Waals surface area contributed by atoms with Gasteiger partial charge in [0.15, 0.2) is 0 Å². The number of nitrogens with one attached hydrogen (secondary N) is 1. The van der Waals surface area contributed by atoms with Crippen LogP contribution in [0.2, 0.25) is 0 Å². The number of rotatable bonds is 4. The number of anilines is 1. The van der Waals surface area contributed by atoms with Gasteiger partial charge in [0.25, 0.3) is 0 Å². The molecule has 0 saturated heterocycles. The van der Waals surface area contributed by atoms with Crippen molar-refractivity contribution in [2.45, 2.75) is 57.4 Å². The Morgan fingerprint density at radius 3 is 2.65 bits per heavy atom. The van der Waals surface area contributed by atoms with Crippen molar-refractivity contribution in [3.05, 3.63) is 29.3 Å². The van der Waals surface area contributed by atoms with Crippen molar-refractivity contribution in [2.24, 2.45) is 11.7 Å². The van der Waals surface area contributed by atoms with Crippen molar-refractivity contribution in [1.29, 1.82) is 0 Å². The Morgan fingerprint density at radius 1 is 1.15 bits per heavy atom. The van der Waals surface area contributed by atoms with Gasteiger partial charge in [-0.15, -0.1) is 0 Å². The Hall–Kier alpha value is -1.51. The van der Waals surface area contributed by atoms with E-state index in [0.717, 1.165) is 25.7 Å². The van der Waals surface area contributed by atoms with E-state index >= 15 is 0 Å². The molecule has 0 spiro atoms. The second-order valence-electron chi connectivity index (χ2n) is 6.37. The summed E-state index contributed by atoms with van der Waals surface area (Å²) >= 11 is 0. The molecule has 2 aliphatic rings. The second kappa shape index (κ2) is 5.86. The zero-order valence-corrected chi connectivity index (χ0v) is 12.0. The smallest absolute Gasteiger partial charge is 0.217 e. The van der Waals surface area contributed by atoms with E-state index in [1.165, 1.54) is 36.1 Å². The first kappa shape index (κ1) is 13.5. The van der Waals surface area contributed by atoms with Crippen molar-refractivity contribution < 1.29 is 4.79 Å². The molecular formula is C17H24N2O. The molecule has 0 aliphatic heterocycles. The van der Waals surface area contributed by atoms with Crippen molar-refractivity contribution >= 4 is 11.6 Å². The zero-order chi connectivity index (χ0) is 13.9. The van der Waals surface area contributed by atoms with Gasteiger partial charge in [-0.05, 0) is 74.1 Å². The van der Waals surface area contributed by atoms with Crippen LogP contribution in [0, 0.1) is 5.92 Å². The standard InChI is InChI=1S/C17H24N2O/c18-17(20)10-12-4-7-15(8-5-12)19-16-9-6-13-2-1-3-14(13)11-16/h6,9,11-12,15,19H,1-5,7-8,10H2,(H2,18,20). The third-order valence-electron chi connectivity index (χ3n) is 4.81. The molecule has 0 aromatic heterocycles. The van der Waals surface area contributed by atoms with Crippen LogP contribution in [0.4, 0.5) is 5.69 Å². The van der Waals surface area contributed by atoms with Crippen LogP contribution in [0.15, 0.2) is 18.2 Å². The van der Waals surface area contributed by atoms with Crippen molar-refractivity contribution in [3.63, 3.8) is 0 Å². The highest BCUT2D eigenvalue weighted by Crippen LogP contribution is 2.30. The fraction of sp³-hybridized carbons (Fsp3) is 0.588. The SMILES string of the molecule is NC(=O)CC1CCC(Nc2ccc3c(c2)CCC3)CC1. The lowest BCUT2D eigenvalue weighted by atomic mass is 9.84. The van der Waals surface area contributed by atoms with Crippen LogP contribution in [0.3, 0.4) is 0 Å². The van der Waals surface area contributed by atoms with Crippen LogP contribution in [0.1, 0.15) is 49.7 Å². The van der Waals surface area contributed by atoms with Gasteiger partial charge in [0.1, 0.15) is 0 Å². The maximum Gasteiger partial charge on any atom is 0.217 e. The van der Waals surface area contributed by atoms with Crippen LogP contribution in [-0.2, 0) is 17.6 Å². The average molecular weight is 272 g/mol. The molecule has 1 aromatic carbocycles. The van der Waals surface area contributed by atoms with Gasteiger partial charge in [0.2, 0.25) is 5.91 Å². The zero-order valence-electron chi connectivity index (χ0n) is 12.0. The summed E-state index contributed by atoms with van der Waals surface area (Å²) in [6.45, 7) is 0. The topological polar surface area (TPSA) is 55.1 Å². The molecular weight excluding hydrogens is 248 g/mol. The third kappa shape index (κ3) is 3.14. The summed E-state index contributed by atoms with van der Waals surface area (Å²) in [5.41, 5.74) is 9.60. The van der Waals surface area contributed by atoms with Crippen LogP contribution >= 0.6 is 0 Å². The van der Waals surface area contributed by atoms with E-state index in [1.807, 2.05) is 0 Å². The summed E-state index contributed by atoms with van der Waals surface area (Å²) in [7, 11) is 0. The minimum atomic E-state index is -0.153. The number of fused-ring (bicyclic) bond motifs is 1. The maximum absolute atomic E-state index is 11.0. The molecule has 3 N–H and O–H groups in total. The molecule has 0 heterocycles. The minimum Gasteiger partial charge on any atom is -0.382 e. The van der Waals surface area contributed by atoms with Crippen molar-refractivity contribution in [3.8, 4) is 0 Å². The van der Waals surface area contributed by atoms with Gasteiger partial charge in [-0.1, -0.05) is 6.07 Å². The number of nitrogens with two attached hydrogens (primary N) is 1. The summed E-state index contributed by atoms with van der Waals surface area (Å²) < 4.78 is 0. The molecule has 1 fully saturated rings. The predicted molar refractivity (Wildman–Crippen MR) is 81.6 cm³/mol. The average Bonchev–Trinajstić information content (AvgIpc) is 2.88. The molecule has 0 bridgehead atoms. The van der Waals surface area contributed by atoms with Gasteiger partial charge in [-0.3, -0.25) is 4.79 Å². The maximum atomic E-state index is 11.0. The lowest BCUT2D eigenvalue weighted by Gasteiger charge is -2.29. The number of hydrogen-bond donors (Lipinski definition) is 2. The lowest BCUT2D eigenvalue weighted by molar-refractivity contribution is -0.119. The van der Waals surface area contributed by atoms with Gasteiger partial charge in [-0.25, -0.2) is 0 Å². The number of carbonyl (C=O) groups is 1. The Morgan fingerprint density at radius 2 is 1.90 bits per heavy atom. The summed E-state index contributed by atoms with van der Waals surface area (Å²) in [4.78, 5) is 11.0. The molecule has 20 heavy (non-hydrogen) atoms. The molecule has 1 saturated carbocycles. The molecule has 1 amide bonds. The van der Waals surface area contributed by atoms with Crippen molar-refractivity contribution in [2.75, 3.05) is 5.32 Å². The Bertz CT molecular complexity index is 490.